The second-order valence-corrected chi connectivity index (χ2v) is 5.21. The SMILES string of the molecule is CCOC(=O)c1cc(N)cnc1N1CCC(N(C)C)C1. The Morgan fingerprint density at radius 3 is 2.95 bits per heavy atom. The van der Waals surface area contributed by atoms with Gasteiger partial charge in [0.15, 0.2) is 0 Å². The number of hydrogen-bond acceptors (Lipinski definition) is 6. The minimum Gasteiger partial charge on any atom is -0.462 e. The molecular weight excluding hydrogens is 256 g/mol. The quantitative estimate of drug-likeness (QED) is 0.828. The second-order valence-electron chi connectivity index (χ2n) is 5.21. The molecule has 0 amide bonds. The number of ether oxygens (including phenoxy) is 1. The summed E-state index contributed by atoms with van der Waals surface area (Å²) in [5.74, 6) is 0.303. The lowest BCUT2D eigenvalue weighted by Crippen LogP contribution is -2.32. The van der Waals surface area contributed by atoms with E-state index in [4.69, 9.17) is 10.5 Å². The van der Waals surface area contributed by atoms with Gasteiger partial charge in [-0.05, 0) is 33.5 Å². The van der Waals surface area contributed by atoms with Gasteiger partial charge < -0.3 is 20.3 Å². The molecular formula is C14H22N4O2. The summed E-state index contributed by atoms with van der Waals surface area (Å²) in [5, 5.41) is 0. The molecule has 1 unspecified atom stereocenters. The smallest absolute Gasteiger partial charge is 0.341 e. The van der Waals surface area contributed by atoms with Crippen LogP contribution in [0.1, 0.15) is 23.7 Å². The van der Waals surface area contributed by atoms with E-state index in [0.29, 0.717) is 29.7 Å². The molecule has 0 aromatic carbocycles. The van der Waals surface area contributed by atoms with Crippen molar-refractivity contribution in [1.82, 2.24) is 9.88 Å². The van der Waals surface area contributed by atoms with Crippen LogP contribution in [0.15, 0.2) is 12.3 Å². The largest absolute Gasteiger partial charge is 0.462 e. The molecule has 110 valence electrons. The highest BCUT2D eigenvalue weighted by Gasteiger charge is 2.28. The van der Waals surface area contributed by atoms with Crippen molar-refractivity contribution in [2.45, 2.75) is 19.4 Å². The predicted molar refractivity (Wildman–Crippen MR) is 78.9 cm³/mol. The lowest BCUT2D eigenvalue weighted by atomic mass is 10.2. The Morgan fingerprint density at radius 1 is 1.60 bits per heavy atom. The van der Waals surface area contributed by atoms with Gasteiger partial charge in [0.25, 0.3) is 0 Å². The molecule has 6 nitrogen and oxygen atoms in total. The highest BCUT2D eigenvalue weighted by atomic mass is 16.5. The van der Waals surface area contributed by atoms with Crippen molar-refractivity contribution in [3.8, 4) is 0 Å². The summed E-state index contributed by atoms with van der Waals surface area (Å²) in [6, 6.07) is 2.12. The minimum atomic E-state index is -0.365. The fourth-order valence-corrected chi connectivity index (χ4v) is 2.44. The molecule has 2 heterocycles. The second kappa shape index (κ2) is 6.09. The Morgan fingerprint density at radius 2 is 2.35 bits per heavy atom. The molecule has 0 bridgehead atoms. The molecule has 2 N–H and O–H groups in total. The van der Waals surface area contributed by atoms with Gasteiger partial charge in [0, 0.05) is 19.1 Å². The monoisotopic (exact) mass is 278 g/mol. The summed E-state index contributed by atoms with van der Waals surface area (Å²) in [5.41, 5.74) is 6.66. The summed E-state index contributed by atoms with van der Waals surface area (Å²) in [6.45, 7) is 3.87. The fourth-order valence-electron chi connectivity index (χ4n) is 2.44. The number of nitrogens with two attached hydrogens (primary N) is 1. The Kier molecular flexibility index (Phi) is 4.44. The minimum absolute atomic E-state index is 0.341. The van der Waals surface area contributed by atoms with Gasteiger partial charge in [-0.3, -0.25) is 0 Å². The van der Waals surface area contributed by atoms with E-state index in [2.05, 4.69) is 28.9 Å². The zero-order valence-corrected chi connectivity index (χ0v) is 12.3. The molecule has 1 aliphatic heterocycles. The number of anilines is 2. The van der Waals surface area contributed by atoms with Gasteiger partial charge in [0.1, 0.15) is 11.4 Å². The number of nitrogen functional groups attached to an aromatic ring is 1. The van der Waals surface area contributed by atoms with E-state index in [1.54, 1.807) is 19.2 Å². The van der Waals surface area contributed by atoms with Crippen molar-refractivity contribution in [2.24, 2.45) is 0 Å². The zero-order chi connectivity index (χ0) is 14.7. The van der Waals surface area contributed by atoms with Gasteiger partial charge >= 0.3 is 5.97 Å². The number of nitrogens with zero attached hydrogens (tertiary/aromatic N) is 3. The average Bonchev–Trinajstić information content (AvgIpc) is 2.88. The van der Waals surface area contributed by atoms with Crippen molar-refractivity contribution in [2.75, 3.05) is 44.4 Å². The standard InChI is InChI=1S/C14H22N4O2/c1-4-20-14(19)12-7-10(15)8-16-13(12)18-6-5-11(9-18)17(2)3/h7-8,11H,4-6,9,15H2,1-3H3. The molecule has 1 aliphatic rings. The van der Waals surface area contributed by atoms with Crippen LogP contribution in [-0.4, -0.2) is 55.7 Å². The van der Waals surface area contributed by atoms with E-state index in [1.165, 1.54) is 0 Å². The average molecular weight is 278 g/mol. The number of rotatable bonds is 4. The van der Waals surface area contributed by atoms with Gasteiger partial charge in [0.05, 0.1) is 18.5 Å². The van der Waals surface area contributed by atoms with E-state index in [1.807, 2.05) is 0 Å². The number of likely N-dealkylation sites (N-methyl/N-ethyl adjacent to an activating group) is 1. The van der Waals surface area contributed by atoms with E-state index >= 15 is 0 Å². The van der Waals surface area contributed by atoms with Crippen molar-refractivity contribution in [3.63, 3.8) is 0 Å². The maximum absolute atomic E-state index is 12.0. The van der Waals surface area contributed by atoms with Gasteiger partial charge in [0.2, 0.25) is 0 Å². The number of esters is 1. The molecule has 0 radical (unpaired) electrons. The van der Waals surface area contributed by atoms with Crippen LogP contribution in [0.4, 0.5) is 11.5 Å². The third kappa shape index (κ3) is 3.01. The molecule has 0 spiro atoms. The van der Waals surface area contributed by atoms with Crippen molar-refractivity contribution < 1.29 is 9.53 Å². The predicted octanol–water partition coefficient (Wildman–Crippen LogP) is 0.981. The first-order chi connectivity index (χ1) is 9.52. The van der Waals surface area contributed by atoms with Crippen molar-refractivity contribution in [3.05, 3.63) is 17.8 Å². The molecule has 1 saturated heterocycles. The summed E-state index contributed by atoms with van der Waals surface area (Å²) in [4.78, 5) is 20.7. The maximum atomic E-state index is 12.0. The summed E-state index contributed by atoms with van der Waals surface area (Å²) in [7, 11) is 4.13. The molecule has 1 aromatic rings. The third-order valence-corrected chi connectivity index (χ3v) is 3.58. The Balaban J connectivity index is 2.25. The molecule has 1 fully saturated rings. The Bertz CT molecular complexity index is 490. The van der Waals surface area contributed by atoms with Gasteiger partial charge in [-0.25, -0.2) is 9.78 Å². The van der Waals surface area contributed by atoms with E-state index < -0.39 is 0 Å². The van der Waals surface area contributed by atoms with Crippen LogP contribution in [0.5, 0.6) is 0 Å². The van der Waals surface area contributed by atoms with Gasteiger partial charge in [-0.15, -0.1) is 0 Å². The lowest BCUT2D eigenvalue weighted by molar-refractivity contribution is 0.0526. The molecule has 20 heavy (non-hydrogen) atoms. The number of aromatic nitrogens is 1. The van der Waals surface area contributed by atoms with Crippen molar-refractivity contribution in [1.29, 1.82) is 0 Å². The van der Waals surface area contributed by atoms with Crippen molar-refractivity contribution >= 4 is 17.5 Å². The molecule has 6 heteroatoms. The first-order valence-electron chi connectivity index (χ1n) is 6.87. The van der Waals surface area contributed by atoms with E-state index in [9.17, 15) is 4.79 Å². The van der Waals surface area contributed by atoms with Crippen LogP contribution in [0, 0.1) is 0 Å². The first-order valence-corrected chi connectivity index (χ1v) is 6.87. The number of carbonyl (C=O) groups is 1. The fraction of sp³-hybridized carbons (Fsp3) is 0.571. The number of hydrogen-bond donors (Lipinski definition) is 1. The Labute approximate surface area is 119 Å². The number of carbonyl (C=O) groups excluding carboxylic acids is 1. The molecule has 1 atom stereocenters. The Hall–Kier alpha value is -1.82. The first kappa shape index (κ1) is 14.6. The highest BCUT2D eigenvalue weighted by Crippen LogP contribution is 2.25. The van der Waals surface area contributed by atoms with E-state index in [0.717, 1.165) is 19.5 Å². The van der Waals surface area contributed by atoms with Crippen LogP contribution in [0.3, 0.4) is 0 Å². The lowest BCUT2D eigenvalue weighted by Gasteiger charge is -2.22. The van der Waals surface area contributed by atoms with Crippen LogP contribution in [0.2, 0.25) is 0 Å². The van der Waals surface area contributed by atoms with Crippen LogP contribution in [0.25, 0.3) is 0 Å². The molecule has 2 rings (SSSR count). The molecule has 1 aromatic heterocycles. The normalized spacial score (nSPS) is 18.6. The molecule has 0 saturated carbocycles. The van der Waals surface area contributed by atoms with Gasteiger partial charge in [-0.1, -0.05) is 0 Å². The summed E-state index contributed by atoms with van der Waals surface area (Å²) >= 11 is 0. The number of pyridine rings is 1. The zero-order valence-electron chi connectivity index (χ0n) is 12.3. The van der Waals surface area contributed by atoms with Gasteiger partial charge in [-0.2, -0.15) is 0 Å². The van der Waals surface area contributed by atoms with Crippen LogP contribution < -0.4 is 10.6 Å². The van der Waals surface area contributed by atoms with E-state index in [-0.39, 0.29) is 5.97 Å². The highest BCUT2D eigenvalue weighted by molar-refractivity contribution is 5.95. The third-order valence-electron chi connectivity index (χ3n) is 3.58. The van der Waals surface area contributed by atoms with Crippen LogP contribution >= 0.6 is 0 Å². The van der Waals surface area contributed by atoms with Crippen LogP contribution in [-0.2, 0) is 4.74 Å². The summed E-state index contributed by atoms with van der Waals surface area (Å²) in [6.07, 6.45) is 2.64. The summed E-state index contributed by atoms with van der Waals surface area (Å²) < 4.78 is 5.09. The molecule has 0 aliphatic carbocycles. The maximum Gasteiger partial charge on any atom is 0.341 e. The topological polar surface area (TPSA) is 71.7 Å².